The van der Waals surface area contributed by atoms with Crippen LogP contribution in [0.15, 0.2) is 24.3 Å². The minimum atomic E-state index is -1.33. The first-order valence-corrected chi connectivity index (χ1v) is 17.1. The molecular formula is C36H57NO6. The number of aliphatic hydroxyl groups is 2. The fourth-order valence-corrected chi connectivity index (χ4v) is 9.12. The molecule has 0 radical (unpaired) electrons. The zero-order valence-corrected chi connectivity index (χ0v) is 27.4. The Labute approximate surface area is 259 Å². The molecule has 0 spiro atoms. The SMILES string of the molecule is CCC[C@H](CC(C)[C@H](C)OC(=O)c1ccccc1NC(=O)C1CCCCC1)[C@@]1(O)CCC[C@H]2[C@@H](CC)C(C)[C@]1(O)[C@H]2OC. The molecular weight excluding hydrogens is 542 g/mol. The van der Waals surface area contributed by atoms with Crippen molar-refractivity contribution in [1.82, 2.24) is 0 Å². The van der Waals surface area contributed by atoms with Gasteiger partial charge >= 0.3 is 5.97 Å². The highest BCUT2D eigenvalue weighted by molar-refractivity contribution is 6.01. The van der Waals surface area contributed by atoms with Crippen molar-refractivity contribution in [3.63, 3.8) is 0 Å². The van der Waals surface area contributed by atoms with E-state index in [-0.39, 0.29) is 35.5 Å². The normalized spacial score (nSPS) is 33.3. The Balaban J connectivity index is 1.49. The first kappa shape index (κ1) is 33.9. The van der Waals surface area contributed by atoms with E-state index in [0.717, 1.165) is 57.8 Å². The van der Waals surface area contributed by atoms with Crippen LogP contribution in [0.1, 0.15) is 122 Å². The lowest BCUT2D eigenvalue weighted by Gasteiger charge is -2.51. The lowest BCUT2D eigenvalue weighted by atomic mass is 9.62. The van der Waals surface area contributed by atoms with Crippen LogP contribution in [-0.4, -0.2) is 52.6 Å². The Kier molecular flexibility index (Phi) is 11.4. The molecule has 3 aliphatic carbocycles. The number of carbonyl (C=O) groups excluding carboxylic acids is 2. The number of carbonyl (C=O) groups is 2. The van der Waals surface area contributed by atoms with Crippen molar-refractivity contribution < 1.29 is 29.3 Å². The van der Waals surface area contributed by atoms with Crippen LogP contribution in [0, 0.1) is 35.5 Å². The fourth-order valence-electron chi connectivity index (χ4n) is 9.12. The van der Waals surface area contributed by atoms with Crippen molar-refractivity contribution in [3.05, 3.63) is 29.8 Å². The quantitative estimate of drug-likeness (QED) is 0.221. The summed E-state index contributed by atoms with van der Waals surface area (Å²) in [5.41, 5.74) is -1.79. The number of benzene rings is 1. The third-order valence-electron chi connectivity index (χ3n) is 11.7. The van der Waals surface area contributed by atoms with Crippen molar-refractivity contribution in [1.29, 1.82) is 0 Å². The molecule has 0 aliphatic heterocycles. The van der Waals surface area contributed by atoms with Gasteiger partial charge in [-0.05, 0) is 87.2 Å². The number of para-hydroxylation sites is 1. The van der Waals surface area contributed by atoms with Gasteiger partial charge in [0.05, 0.1) is 23.0 Å². The lowest BCUT2D eigenvalue weighted by molar-refractivity contribution is -0.242. The maximum atomic E-state index is 13.4. The molecule has 3 N–H and O–H groups in total. The molecule has 1 aromatic carbocycles. The number of amides is 1. The highest BCUT2D eigenvalue weighted by atomic mass is 16.5. The van der Waals surface area contributed by atoms with Crippen LogP contribution in [0.3, 0.4) is 0 Å². The molecule has 2 bridgehead atoms. The number of fused-ring (bicyclic) bond motifs is 2. The molecule has 242 valence electrons. The Bertz CT molecular complexity index is 1090. The van der Waals surface area contributed by atoms with Gasteiger partial charge in [0.25, 0.3) is 0 Å². The molecule has 3 fully saturated rings. The van der Waals surface area contributed by atoms with E-state index in [9.17, 15) is 19.8 Å². The van der Waals surface area contributed by atoms with E-state index in [0.29, 0.717) is 30.0 Å². The molecule has 7 nitrogen and oxygen atoms in total. The van der Waals surface area contributed by atoms with E-state index in [1.165, 1.54) is 6.42 Å². The van der Waals surface area contributed by atoms with Crippen molar-refractivity contribution in [3.8, 4) is 0 Å². The molecule has 0 aromatic heterocycles. The van der Waals surface area contributed by atoms with Crippen LogP contribution in [0.5, 0.6) is 0 Å². The highest BCUT2D eigenvalue weighted by Crippen LogP contribution is 2.59. The molecule has 0 heterocycles. The zero-order valence-electron chi connectivity index (χ0n) is 27.4. The standard InChI is InChI=1S/C36H57NO6/c1-7-15-27(35(40)21-14-19-29-28(8-2)24(4)36(35,41)32(29)42-6)22-23(3)25(5)43-34(39)30-18-12-13-20-31(30)37-33(38)26-16-10-9-11-17-26/h12-13,18,20,23-29,32,40-41H,7-11,14-17,19,21-22H2,1-6H3,(H,37,38)/t23?,24?,25-,27+,28-,29-,32-,35-,36-/m0/s1. The van der Waals surface area contributed by atoms with Gasteiger partial charge in [-0.25, -0.2) is 4.79 Å². The van der Waals surface area contributed by atoms with E-state index >= 15 is 0 Å². The Morgan fingerprint density at radius 2 is 1.74 bits per heavy atom. The van der Waals surface area contributed by atoms with E-state index < -0.39 is 29.4 Å². The Morgan fingerprint density at radius 3 is 2.40 bits per heavy atom. The maximum Gasteiger partial charge on any atom is 0.340 e. The number of ether oxygens (including phenoxy) is 2. The van der Waals surface area contributed by atoms with Crippen LogP contribution >= 0.6 is 0 Å². The number of esters is 1. The second-order valence-corrected chi connectivity index (χ2v) is 14.0. The fraction of sp³-hybridized carbons (Fsp3) is 0.778. The van der Waals surface area contributed by atoms with Crippen molar-refractivity contribution in [2.24, 2.45) is 35.5 Å². The van der Waals surface area contributed by atoms with Crippen LogP contribution < -0.4 is 5.32 Å². The second-order valence-electron chi connectivity index (χ2n) is 14.0. The minimum absolute atomic E-state index is 0.0138. The van der Waals surface area contributed by atoms with Crippen LogP contribution in [0.2, 0.25) is 0 Å². The van der Waals surface area contributed by atoms with E-state index in [2.05, 4.69) is 33.0 Å². The molecule has 4 rings (SSSR count). The third kappa shape index (κ3) is 6.55. The summed E-state index contributed by atoms with van der Waals surface area (Å²) < 4.78 is 12.0. The smallest absolute Gasteiger partial charge is 0.340 e. The van der Waals surface area contributed by atoms with Crippen molar-refractivity contribution in [2.45, 2.75) is 135 Å². The molecule has 1 aromatic rings. The Hall–Kier alpha value is -1.96. The highest BCUT2D eigenvalue weighted by Gasteiger charge is 2.69. The van der Waals surface area contributed by atoms with Gasteiger partial charge in [-0.15, -0.1) is 0 Å². The summed E-state index contributed by atoms with van der Waals surface area (Å²) in [5.74, 6) is -0.270. The summed E-state index contributed by atoms with van der Waals surface area (Å²) in [6.07, 6.45) is 9.81. The molecule has 7 heteroatoms. The predicted molar refractivity (Wildman–Crippen MR) is 170 cm³/mol. The molecule has 3 aliphatic rings. The molecule has 1 amide bonds. The second kappa shape index (κ2) is 14.4. The van der Waals surface area contributed by atoms with E-state index in [1.807, 2.05) is 13.0 Å². The minimum Gasteiger partial charge on any atom is -0.459 e. The van der Waals surface area contributed by atoms with Gasteiger partial charge in [-0.3, -0.25) is 4.79 Å². The van der Waals surface area contributed by atoms with Gasteiger partial charge in [0.15, 0.2) is 0 Å². The summed E-state index contributed by atoms with van der Waals surface area (Å²) in [5, 5.41) is 28.1. The lowest BCUT2D eigenvalue weighted by Crippen LogP contribution is -2.65. The van der Waals surface area contributed by atoms with Crippen molar-refractivity contribution >= 4 is 17.6 Å². The molecule has 9 atom stereocenters. The molecule has 2 unspecified atom stereocenters. The third-order valence-corrected chi connectivity index (χ3v) is 11.7. The number of methoxy groups -OCH3 is 1. The first-order chi connectivity index (χ1) is 20.5. The van der Waals surface area contributed by atoms with Gasteiger partial charge in [0, 0.05) is 13.0 Å². The van der Waals surface area contributed by atoms with Crippen LogP contribution in [0.4, 0.5) is 5.69 Å². The monoisotopic (exact) mass is 599 g/mol. The molecule has 43 heavy (non-hydrogen) atoms. The van der Waals surface area contributed by atoms with Gasteiger partial charge in [-0.1, -0.05) is 78.4 Å². The van der Waals surface area contributed by atoms with E-state index in [1.54, 1.807) is 25.3 Å². The van der Waals surface area contributed by atoms with Gasteiger partial charge < -0.3 is 25.0 Å². The average Bonchev–Trinajstić information content (AvgIpc) is 3.14. The van der Waals surface area contributed by atoms with Crippen LogP contribution in [0.25, 0.3) is 0 Å². The van der Waals surface area contributed by atoms with Gasteiger partial charge in [-0.2, -0.15) is 0 Å². The zero-order chi connectivity index (χ0) is 31.4. The number of anilines is 1. The summed E-state index contributed by atoms with van der Waals surface area (Å²) in [4.78, 5) is 26.4. The van der Waals surface area contributed by atoms with Crippen LogP contribution in [-0.2, 0) is 14.3 Å². The number of hydrogen-bond donors (Lipinski definition) is 3. The molecule has 3 saturated carbocycles. The molecule has 0 saturated heterocycles. The number of rotatable bonds is 12. The maximum absolute atomic E-state index is 13.4. The van der Waals surface area contributed by atoms with Gasteiger partial charge in [0.2, 0.25) is 5.91 Å². The summed E-state index contributed by atoms with van der Waals surface area (Å²) in [6.45, 7) is 10.4. The Morgan fingerprint density at radius 1 is 1.05 bits per heavy atom. The predicted octanol–water partition coefficient (Wildman–Crippen LogP) is 7.15. The number of hydrogen-bond acceptors (Lipinski definition) is 6. The van der Waals surface area contributed by atoms with Crippen molar-refractivity contribution in [2.75, 3.05) is 12.4 Å². The summed E-state index contributed by atoms with van der Waals surface area (Å²) >= 11 is 0. The van der Waals surface area contributed by atoms with Gasteiger partial charge in [0.1, 0.15) is 11.7 Å². The summed E-state index contributed by atoms with van der Waals surface area (Å²) in [7, 11) is 1.67. The van der Waals surface area contributed by atoms with E-state index in [4.69, 9.17) is 9.47 Å². The number of nitrogens with one attached hydrogen (secondary N) is 1. The largest absolute Gasteiger partial charge is 0.459 e. The average molecular weight is 600 g/mol. The topological polar surface area (TPSA) is 105 Å². The summed E-state index contributed by atoms with van der Waals surface area (Å²) in [6, 6.07) is 7.06. The first-order valence-electron chi connectivity index (χ1n) is 17.1.